The molecule has 0 fully saturated rings. The van der Waals surface area contributed by atoms with Crippen LogP contribution in [0.25, 0.3) is 0 Å². The summed E-state index contributed by atoms with van der Waals surface area (Å²) in [5.74, 6) is 7.88. The monoisotopic (exact) mass is 242 g/mol. The summed E-state index contributed by atoms with van der Waals surface area (Å²) in [5, 5.41) is 9.10. The number of aromatic nitrogens is 3. The highest BCUT2D eigenvalue weighted by Crippen LogP contribution is 2.23. The molecule has 5 heteroatoms. The van der Waals surface area contributed by atoms with Crippen LogP contribution < -0.4 is 5.84 Å². The van der Waals surface area contributed by atoms with E-state index in [2.05, 4.69) is 37.9 Å². The van der Waals surface area contributed by atoms with E-state index in [-0.39, 0.29) is 5.41 Å². The molecule has 4 nitrogen and oxygen atoms in total. The van der Waals surface area contributed by atoms with Crippen molar-refractivity contribution in [3.63, 3.8) is 0 Å². The number of thioether (sulfide) groups is 1. The standard InChI is InChI=1S/C11H22N4S/c1-5-6-7-8-16-10-14-13-9(15(10)12)11(2,3)4/h5-8,12H2,1-4H3. The Hall–Kier alpha value is -0.710. The third-order valence-electron chi connectivity index (χ3n) is 2.31. The molecule has 0 spiro atoms. The first-order chi connectivity index (χ1) is 7.46. The SMILES string of the molecule is CCCCCSc1nnc(C(C)(C)C)n1N. The molecule has 0 bridgehead atoms. The van der Waals surface area contributed by atoms with Crippen molar-refractivity contribution in [2.24, 2.45) is 0 Å². The van der Waals surface area contributed by atoms with E-state index in [9.17, 15) is 0 Å². The maximum atomic E-state index is 5.98. The van der Waals surface area contributed by atoms with Gasteiger partial charge in [-0.1, -0.05) is 52.3 Å². The first-order valence-electron chi connectivity index (χ1n) is 5.80. The van der Waals surface area contributed by atoms with Crippen LogP contribution >= 0.6 is 11.8 Å². The minimum Gasteiger partial charge on any atom is -0.336 e. The van der Waals surface area contributed by atoms with Crippen LogP contribution in [0.15, 0.2) is 5.16 Å². The highest BCUT2D eigenvalue weighted by molar-refractivity contribution is 7.99. The maximum absolute atomic E-state index is 5.98. The number of rotatable bonds is 5. The van der Waals surface area contributed by atoms with Gasteiger partial charge in [-0.15, -0.1) is 10.2 Å². The predicted molar refractivity (Wildman–Crippen MR) is 69.1 cm³/mol. The van der Waals surface area contributed by atoms with Gasteiger partial charge in [0.2, 0.25) is 5.16 Å². The van der Waals surface area contributed by atoms with E-state index in [1.807, 2.05) is 0 Å². The first-order valence-corrected chi connectivity index (χ1v) is 6.79. The summed E-state index contributed by atoms with van der Waals surface area (Å²) >= 11 is 1.69. The van der Waals surface area contributed by atoms with Crippen LogP contribution in [-0.2, 0) is 5.41 Å². The van der Waals surface area contributed by atoms with Gasteiger partial charge in [-0.3, -0.25) is 0 Å². The Morgan fingerprint density at radius 3 is 2.44 bits per heavy atom. The summed E-state index contributed by atoms with van der Waals surface area (Å²) in [6.07, 6.45) is 3.71. The van der Waals surface area contributed by atoms with Crippen molar-refractivity contribution in [2.45, 2.75) is 57.5 Å². The fourth-order valence-electron chi connectivity index (χ4n) is 1.40. The Kier molecular flexibility index (Phi) is 4.65. The minimum atomic E-state index is -0.0516. The molecule has 16 heavy (non-hydrogen) atoms. The predicted octanol–water partition coefficient (Wildman–Crippen LogP) is 2.57. The maximum Gasteiger partial charge on any atom is 0.209 e. The van der Waals surface area contributed by atoms with Crippen molar-refractivity contribution in [3.05, 3.63) is 5.82 Å². The van der Waals surface area contributed by atoms with Crippen LogP contribution in [0.3, 0.4) is 0 Å². The van der Waals surface area contributed by atoms with E-state index in [1.54, 1.807) is 16.4 Å². The topological polar surface area (TPSA) is 56.7 Å². The lowest BCUT2D eigenvalue weighted by molar-refractivity contribution is 0.523. The molecule has 1 aromatic rings. The van der Waals surface area contributed by atoms with Crippen LogP contribution in [0.1, 0.15) is 52.8 Å². The normalized spacial score (nSPS) is 12.0. The van der Waals surface area contributed by atoms with Gasteiger partial charge in [0, 0.05) is 11.2 Å². The van der Waals surface area contributed by atoms with Gasteiger partial charge in [0.15, 0.2) is 5.82 Å². The average molecular weight is 242 g/mol. The van der Waals surface area contributed by atoms with Crippen LogP contribution in [-0.4, -0.2) is 20.6 Å². The number of nitrogens with zero attached hydrogens (tertiary/aromatic N) is 3. The molecule has 2 N–H and O–H groups in total. The van der Waals surface area contributed by atoms with Crippen molar-refractivity contribution in [3.8, 4) is 0 Å². The van der Waals surface area contributed by atoms with E-state index < -0.39 is 0 Å². The molecule has 1 rings (SSSR count). The van der Waals surface area contributed by atoms with E-state index in [4.69, 9.17) is 5.84 Å². The van der Waals surface area contributed by atoms with Gasteiger partial charge in [0.25, 0.3) is 0 Å². The molecule has 0 aromatic carbocycles. The van der Waals surface area contributed by atoms with Crippen LogP contribution in [0.4, 0.5) is 0 Å². The Morgan fingerprint density at radius 1 is 1.25 bits per heavy atom. The molecule has 1 heterocycles. The Balaban J connectivity index is 2.59. The third-order valence-corrected chi connectivity index (χ3v) is 3.34. The zero-order chi connectivity index (χ0) is 12.2. The highest BCUT2D eigenvalue weighted by Gasteiger charge is 2.22. The zero-order valence-electron chi connectivity index (χ0n) is 10.7. The van der Waals surface area contributed by atoms with Gasteiger partial charge in [-0.25, -0.2) is 4.68 Å². The third kappa shape index (κ3) is 3.40. The largest absolute Gasteiger partial charge is 0.336 e. The molecular weight excluding hydrogens is 220 g/mol. The second kappa shape index (κ2) is 5.57. The van der Waals surface area contributed by atoms with Crippen LogP contribution in [0.5, 0.6) is 0 Å². The summed E-state index contributed by atoms with van der Waals surface area (Å²) < 4.78 is 1.62. The molecule has 0 saturated heterocycles. The van der Waals surface area contributed by atoms with Crippen LogP contribution in [0, 0.1) is 0 Å². The Morgan fingerprint density at radius 2 is 1.94 bits per heavy atom. The number of nitrogens with two attached hydrogens (primary N) is 1. The molecule has 92 valence electrons. The van der Waals surface area contributed by atoms with E-state index in [1.165, 1.54) is 19.3 Å². The molecule has 0 aliphatic carbocycles. The number of hydrogen-bond donors (Lipinski definition) is 1. The first kappa shape index (κ1) is 13.4. The van der Waals surface area contributed by atoms with E-state index in [0.717, 1.165) is 16.7 Å². The van der Waals surface area contributed by atoms with Gasteiger partial charge < -0.3 is 5.84 Å². The van der Waals surface area contributed by atoms with Crippen molar-refractivity contribution >= 4 is 11.8 Å². The molecular formula is C11H22N4S. The lowest BCUT2D eigenvalue weighted by Crippen LogP contribution is -2.24. The molecule has 0 aliphatic rings. The Bertz CT molecular complexity index is 327. The lowest BCUT2D eigenvalue weighted by atomic mass is 9.96. The smallest absolute Gasteiger partial charge is 0.209 e. The van der Waals surface area contributed by atoms with E-state index in [0.29, 0.717) is 0 Å². The summed E-state index contributed by atoms with van der Waals surface area (Å²) in [6, 6.07) is 0. The van der Waals surface area contributed by atoms with Gasteiger partial charge >= 0.3 is 0 Å². The lowest BCUT2D eigenvalue weighted by Gasteiger charge is -2.16. The van der Waals surface area contributed by atoms with Gasteiger partial charge in [-0.05, 0) is 6.42 Å². The van der Waals surface area contributed by atoms with Gasteiger partial charge in [-0.2, -0.15) is 0 Å². The number of nitrogen functional groups attached to an aromatic ring is 1. The highest BCUT2D eigenvalue weighted by atomic mass is 32.2. The zero-order valence-corrected chi connectivity index (χ0v) is 11.5. The summed E-state index contributed by atoms with van der Waals surface area (Å²) in [5.41, 5.74) is -0.0516. The molecule has 0 aliphatic heterocycles. The molecule has 0 amide bonds. The van der Waals surface area contributed by atoms with Gasteiger partial charge in [0.1, 0.15) is 0 Å². The van der Waals surface area contributed by atoms with Crippen molar-refractivity contribution in [2.75, 3.05) is 11.6 Å². The van der Waals surface area contributed by atoms with Crippen molar-refractivity contribution < 1.29 is 0 Å². The summed E-state index contributed by atoms with van der Waals surface area (Å²) in [6.45, 7) is 8.47. The molecule has 0 saturated carbocycles. The fourth-order valence-corrected chi connectivity index (χ4v) is 2.26. The number of unbranched alkanes of at least 4 members (excludes halogenated alkanes) is 2. The summed E-state index contributed by atoms with van der Waals surface area (Å²) in [7, 11) is 0. The average Bonchev–Trinajstić information content (AvgIpc) is 2.54. The molecule has 1 aromatic heterocycles. The summed E-state index contributed by atoms with van der Waals surface area (Å²) in [4.78, 5) is 0. The second-order valence-corrected chi connectivity index (χ2v) is 6.04. The van der Waals surface area contributed by atoms with Crippen molar-refractivity contribution in [1.29, 1.82) is 0 Å². The molecule has 0 unspecified atom stereocenters. The molecule has 0 radical (unpaired) electrons. The quantitative estimate of drug-likeness (QED) is 0.490. The minimum absolute atomic E-state index is 0.0516. The van der Waals surface area contributed by atoms with Crippen LogP contribution in [0.2, 0.25) is 0 Å². The van der Waals surface area contributed by atoms with Crippen molar-refractivity contribution in [1.82, 2.24) is 14.9 Å². The number of hydrogen-bond acceptors (Lipinski definition) is 4. The van der Waals surface area contributed by atoms with Gasteiger partial charge in [0.05, 0.1) is 0 Å². The fraction of sp³-hybridized carbons (Fsp3) is 0.818. The van der Waals surface area contributed by atoms with E-state index >= 15 is 0 Å². The Labute approximate surface area is 102 Å². The second-order valence-electron chi connectivity index (χ2n) is 4.98. The molecule has 0 atom stereocenters.